The van der Waals surface area contributed by atoms with Gasteiger partial charge in [0.25, 0.3) is 0 Å². The summed E-state index contributed by atoms with van der Waals surface area (Å²) < 4.78 is 10.4. The quantitative estimate of drug-likeness (QED) is 0.690. The Kier molecular flexibility index (Phi) is 5.65. The van der Waals surface area contributed by atoms with Crippen LogP contribution in [-0.4, -0.2) is 47.0 Å². The number of carbonyl (C=O) groups is 2. The number of hydrazine groups is 1. The highest BCUT2D eigenvalue weighted by molar-refractivity contribution is 5.74. The summed E-state index contributed by atoms with van der Waals surface area (Å²) in [6.45, 7) is 12.7. The Morgan fingerprint density at radius 1 is 0.895 bits per heavy atom. The fourth-order valence-corrected chi connectivity index (χ4v) is 1.20. The Hall–Kier alpha value is -1.46. The molecule has 0 saturated heterocycles. The lowest BCUT2D eigenvalue weighted by atomic mass is 10.2. The van der Waals surface area contributed by atoms with Crippen LogP contribution in [0.5, 0.6) is 0 Å². The molecule has 0 aromatic rings. The minimum Gasteiger partial charge on any atom is -0.442 e. The number of carbonyl (C=O) groups excluding carboxylic acids is 2. The van der Waals surface area contributed by atoms with Gasteiger partial charge >= 0.3 is 12.2 Å². The standard InChI is InChI=1S/C13H26N2O4/c1-9-15(11(17)19-13(5,6)7)14(8)10(16)18-12(2,3)4/h9H2,1-8H3. The van der Waals surface area contributed by atoms with Crippen LogP contribution in [0.2, 0.25) is 0 Å². The molecule has 0 aliphatic carbocycles. The molecule has 0 saturated carbocycles. The fourth-order valence-electron chi connectivity index (χ4n) is 1.20. The van der Waals surface area contributed by atoms with E-state index in [4.69, 9.17) is 9.47 Å². The van der Waals surface area contributed by atoms with Crippen LogP contribution in [0.15, 0.2) is 0 Å². The molecule has 0 radical (unpaired) electrons. The molecule has 0 aromatic heterocycles. The van der Waals surface area contributed by atoms with Gasteiger partial charge in [0.15, 0.2) is 0 Å². The average molecular weight is 274 g/mol. The molecule has 6 heteroatoms. The van der Waals surface area contributed by atoms with Crippen LogP contribution in [0.4, 0.5) is 9.59 Å². The topological polar surface area (TPSA) is 59.1 Å². The van der Waals surface area contributed by atoms with Crippen LogP contribution >= 0.6 is 0 Å². The predicted octanol–water partition coefficient (Wildman–Crippen LogP) is 3.03. The molecule has 19 heavy (non-hydrogen) atoms. The van der Waals surface area contributed by atoms with E-state index < -0.39 is 23.4 Å². The molecule has 112 valence electrons. The van der Waals surface area contributed by atoms with Crippen LogP contribution in [-0.2, 0) is 9.47 Å². The highest BCUT2D eigenvalue weighted by Gasteiger charge is 2.29. The Morgan fingerprint density at radius 2 is 1.26 bits per heavy atom. The number of nitrogens with zero attached hydrogens (tertiary/aromatic N) is 2. The van der Waals surface area contributed by atoms with Gasteiger partial charge in [0.2, 0.25) is 0 Å². The van der Waals surface area contributed by atoms with Gasteiger partial charge in [-0.15, -0.1) is 0 Å². The first-order chi connectivity index (χ1) is 8.37. The number of rotatable bonds is 1. The van der Waals surface area contributed by atoms with Crippen molar-refractivity contribution in [2.24, 2.45) is 0 Å². The van der Waals surface area contributed by atoms with Gasteiger partial charge in [0.05, 0.1) is 0 Å². The normalized spacial score (nSPS) is 11.8. The largest absolute Gasteiger partial charge is 0.442 e. The molecule has 0 bridgehead atoms. The highest BCUT2D eigenvalue weighted by atomic mass is 16.6. The van der Waals surface area contributed by atoms with Crippen LogP contribution in [0.25, 0.3) is 0 Å². The van der Waals surface area contributed by atoms with Gasteiger partial charge in [0.1, 0.15) is 11.2 Å². The first-order valence-electron chi connectivity index (χ1n) is 6.34. The summed E-state index contributed by atoms with van der Waals surface area (Å²) in [5, 5.41) is 2.32. The van der Waals surface area contributed by atoms with E-state index >= 15 is 0 Å². The SMILES string of the molecule is CCN(C(=O)OC(C)(C)C)N(C)C(=O)OC(C)(C)C. The second kappa shape index (κ2) is 6.12. The number of hydrogen-bond acceptors (Lipinski definition) is 4. The van der Waals surface area contributed by atoms with E-state index in [1.54, 1.807) is 48.5 Å². The van der Waals surface area contributed by atoms with E-state index in [-0.39, 0.29) is 0 Å². The van der Waals surface area contributed by atoms with Crippen LogP contribution < -0.4 is 0 Å². The van der Waals surface area contributed by atoms with Gasteiger partial charge in [-0.25, -0.2) is 19.6 Å². The van der Waals surface area contributed by atoms with Crippen molar-refractivity contribution in [1.82, 2.24) is 10.0 Å². The summed E-state index contributed by atoms with van der Waals surface area (Å²) in [5.41, 5.74) is -1.22. The van der Waals surface area contributed by atoms with Gasteiger partial charge in [-0.3, -0.25) is 0 Å². The number of ether oxygens (including phenoxy) is 2. The van der Waals surface area contributed by atoms with Crippen molar-refractivity contribution in [3.8, 4) is 0 Å². The molecule has 0 aliphatic heterocycles. The lowest BCUT2D eigenvalue weighted by molar-refractivity contribution is -0.0507. The molecule has 0 spiro atoms. The molecule has 0 heterocycles. The molecule has 0 unspecified atom stereocenters. The van der Waals surface area contributed by atoms with E-state index in [0.717, 1.165) is 5.01 Å². The van der Waals surface area contributed by atoms with Crippen LogP contribution in [0, 0.1) is 0 Å². The van der Waals surface area contributed by atoms with Crippen LogP contribution in [0.1, 0.15) is 48.5 Å². The van der Waals surface area contributed by atoms with E-state index in [0.29, 0.717) is 6.54 Å². The minimum atomic E-state index is -0.612. The molecular formula is C13H26N2O4. The molecule has 0 fully saturated rings. The second-order valence-corrected chi connectivity index (χ2v) is 6.20. The van der Waals surface area contributed by atoms with Crippen molar-refractivity contribution in [2.45, 2.75) is 59.7 Å². The third kappa shape index (κ3) is 6.88. The number of amides is 2. The molecule has 0 aliphatic rings. The molecule has 6 nitrogen and oxygen atoms in total. The Balaban J connectivity index is 4.77. The number of hydrogen-bond donors (Lipinski definition) is 0. The van der Waals surface area contributed by atoms with Crippen molar-refractivity contribution in [2.75, 3.05) is 13.6 Å². The maximum atomic E-state index is 12.0. The minimum absolute atomic E-state index is 0.310. The van der Waals surface area contributed by atoms with Gasteiger partial charge < -0.3 is 9.47 Å². The van der Waals surface area contributed by atoms with E-state index in [9.17, 15) is 9.59 Å². The summed E-state index contributed by atoms with van der Waals surface area (Å²) in [4.78, 5) is 23.8. The average Bonchev–Trinajstić information content (AvgIpc) is 2.12. The monoisotopic (exact) mass is 274 g/mol. The molecule has 0 aromatic carbocycles. The summed E-state index contributed by atoms with van der Waals surface area (Å²) in [7, 11) is 1.47. The van der Waals surface area contributed by atoms with E-state index in [1.807, 2.05) is 0 Å². The van der Waals surface area contributed by atoms with Gasteiger partial charge in [-0.1, -0.05) is 0 Å². The van der Waals surface area contributed by atoms with Crippen LogP contribution in [0.3, 0.4) is 0 Å². The smallest absolute Gasteiger partial charge is 0.429 e. The predicted molar refractivity (Wildman–Crippen MR) is 72.6 cm³/mol. The van der Waals surface area contributed by atoms with Gasteiger partial charge in [-0.2, -0.15) is 0 Å². The maximum Gasteiger partial charge on any atom is 0.429 e. The van der Waals surface area contributed by atoms with Crippen molar-refractivity contribution in [3.05, 3.63) is 0 Å². The first kappa shape index (κ1) is 17.5. The lowest BCUT2D eigenvalue weighted by Crippen LogP contribution is -2.50. The zero-order valence-electron chi connectivity index (χ0n) is 13.2. The summed E-state index contributed by atoms with van der Waals surface area (Å²) in [6, 6.07) is 0. The first-order valence-corrected chi connectivity index (χ1v) is 6.34. The Labute approximate surface area is 115 Å². The zero-order chi connectivity index (χ0) is 15.4. The van der Waals surface area contributed by atoms with E-state index in [2.05, 4.69) is 0 Å². The van der Waals surface area contributed by atoms with Crippen molar-refractivity contribution < 1.29 is 19.1 Å². The summed E-state index contributed by atoms with van der Waals surface area (Å²) in [6.07, 6.45) is -1.18. The zero-order valence-corrected chi connectivity index (χ0v) is 13.2. The van der Waals surface area contributed by atoms with E-state index in [1.165, 1.54) is 12.1 Å². The lowest BCUT2D eigenvalue weighted by Gasteiger charge is -2.33. The Morgan fingerprint density at radius 3 is 1.58 bits per heavy atom. The molecule has 2 amide bonds. The fraction of sp³-hybridized carbons (Fsp3) is 0.846. The van der Waals surface area contributed by atoms with Crippen molar-refractivity contribution in [1.29, 1.82) is 0 Å². The Bertz CT molecular complexity index is 329. The third-order valence-electron chi connectivity index (χ3n) is 1.92. The van der Waals surface area contributed by atoms with Gasteiger partial charge in [-0.05, 0) is 48.5 Å². The van der Waals surface area contributed by atoms with Crippen molar-refractivity contribution >= 4 is 12.2 Å². The van der Waals surface area contributed by atoms with Gasteiger partial charge in [0, 0.05) is 13.6 Å². The molecular weight excluding hydrogens is 248 g/mol. The highest BCUT2D eigenvalue weighted by Crippen LogP contribution is 2.14. The summed E-state index contributed by atoms with van der Waals surface area (Å²) in [5.74, 6) is 0. The maximum absolute atomic E-state index is 12.0. The van der Waals surface area contributed by atoms with Crippen molar-refractivity contribution in [3.63, 3.8) is 0 Å². The molecule has 0 N–H and O–H groups in total. The molecule has 0 rings (SSSR count). The third-order valence-corrected chi connectivity index (χ3v) is 1.92. The molecule has 0 atom stereocenters. The summed E-state index contributed by atoms with van der Waals surface area (Å²) >= 11 is 0. The second-order valence-electron chi connectivity index (χ2n) is 6.20.